The first-order valence-corrected chi connectivity index (χ1v) is 11.4. The smallest absolute Gasteiger partial charge is 0.325 e. The van der Waals surface area contributed by atoms with Crippen molar-refractivity contribution < 1.29 is 31.3 Å². The summed E-state index contributed by atoms with van der Waals surface area (Å²) in [4.78, 5) is 12.3. The van der Waals surface area contributed by atoms with E-state index in [1.165, 1.54) is 12.1 Å². The fourth-order valence-corrected chi connectivity index (χ4v) is 5.24. The highest BCUT2D eigenvalue weighted by Crippen LogP contribution is 2.35. The predicted molar refractivity (Wildman–Crippen MR) is 111 cm³/mol. The number of rotatable bonds is 5. The molecule has 0 saturated carbocycles. The van der Waals surface area contributed by atoms with Gasteiger partial charge in [0, 0.05) is 5.69 Å². The van der Waals surface area contributed by atoms with E-state index in [0.29, 0.717) is 15.7 Å². The summed E-state index contributed by atoms with van der Waals surface area (Å²) in [6.45, 7) is 0.644. The first-order chi connectivity index (χ1) is 14.5. The Morgan fingerprint density at radius 1 is 1.06 bits per heavy atom. The zero-order chi connectivity index (χ0) is 22.8. The molecular weight excluding hydrogens is 478 g/mol. The first kappa shape index (κ1) is 23.8. The van der Waals surface area contributed by atoms with Crippen molar-refractivity contribution in [1.82, 2.24) is 4.31 Å². The van der Waals surface area contributed by atoms with E-state index in [4.69, 9.17) is 23.2 Å². The van der Waals surface area contributed by atoms with E-state index >= 15 is 0 Å². The number of quaternary nitrogens is 1. The average Bonchev–Trinajstić information content (AvgIpc) is 2.70. The van der Waals surface area contributed by atoms with Crippen LogP contribution in [0.4, 0.5) is 18.9 Å². The normalized spacial score (nSPS) is 16.3. The summed E-state index contributed by atoms with van der Waals surface area (Å²) >= 11 is 11.8. The number of anilines is 1. The summed E-state index contributed by atoms with van der Waals surface area (Å²) in [5.74, 6) is -0.299. The summed E-state index contributed by atoms with van der Waals surface area (Å²) in [7, 11) is -4.31. The Morgan fingerprint density at radius 2 is 1.71 bits per heavy atom. The Bertz CT molecular complexity index is 1070. The van der Waals surface area contributed by atoms with Crippen LogP contribution < -0.4 is 10.2 Å². The lowest BCUT2D eigenvalue weighted by atomic mass is 10.2. The second kappa shape index (κ2) is 9.33. The molecule has 0 bridgehead atoms. The Balaban J connectivity index is 1.61. The topological polar surface area (TPSA) is 70.9 Å². The van der Waals surface area contributed by atoms with E-state index in [0.717, 1.165) is 27.4 Å². The highest BCUT2D eigenvalue weighted by Gasteiger charge is 2.40. The minimum atomic E-state index is -4.78. The third-order valence-electron chi connectivity index (χ3n) is 4.85. The van der Waals surface area contributed by atoms with Gasteiger partial charge < -0.3 is 10.2 Å². The van der Waals surface area contributed by atoms with Crippen LogP contribution in [0.15, 0.2) is 47.4 Å². The molecule has 1 saturated heterocycles. The quantitative estimate of drug-likeness (QED) is 0.668. The maximum atomic E-state index is 13.2. The number of amides is 1. The number of sulfonamides is 1. The number of hydrogen-bond acceptors (Lipinski definition) is 3. The number of nitrogens with one attached hydrogen (secondary N) is 2. The predicted octanol–water partition coefficient (Wildman–Crippen LogP) is 2.54. The molecule has 2 aromatic rings. The van der Waals surface area contributed by atoms with Gasteiger partial charge in [-0.1, -0.05) is 35.3 Å². The minimum Gasteiger partial charge on any atom is -0.325 e. The van der Waals surface area contributed by atoms with Gasteiger partial charge in [0.15, 0.2) is 6.54 Å². The molecule has 3 rings (SSSR count). The van der Waals surface area contributed by atoms with Crippen molar-refractivity contribution in [3.63, 3.8) is 0 Å². The minimum absolute atomic E-state index is 0.00388. The highest BCUT2D eigenvalue weighted by molar-refractivity contribution is 7.89. The number of alkyl halides is 3. The van der Waals surface area contributed by atoms with E-state index in [9.17, 15) is 26.4 Å². The molecule has 1 amide bonds. The lowest BCUT2D eigenvalue weighted by Gasteiger charge is -2.31. The van der Waals surface area contributed by atoms with E-state index in [1.54, 1.807) is 12.1 Å². The molecule has 0 aromatic heterocycles. The summed E-state index contributed by atoms with van der Waals surface area (Å²) < 4.78 is 66.3. The first-order valence-electron chi connectivity index (χ1n) is 9.23. The number of piperazine rings is 1. The zero-order valence-electron chi connectivity index (χ0n) is 16.0. The van der Waals surface area contributed by atoms with Gasteiger partial charge in [0.2, 0.25) is 10.0 Å². The number of carbonyl (C=O) groups is 1. The molecule has 12 heteroatoms. The second-order valence-corrected chi connectivity index (χ2v) is 9.72. The molecule has 1 heterocycles. The fraction of sp³-hybridized carbons (Fsp3) is 0.316. The van der Waals surface area contributed by atoms with Crippen molar-refractivity contribution in [1.29, 1.82) is 0 Å². The van der Waals surface area contributed by atoms with Crippen LogP contribution >= 0.6 is 23.2 Å². The summed E-state index contributed by atoms with van der Waals surface area (Å²) in [5.41, 5.74) is -0.713. The molecular formula is C19H19Cl2F3N3O3S+. The van der Waals surface area contributed by atoms with Crippen LogP contribution in [0.25, 0.3) is 0 Å². The SMILES string of the molecule is O=C(C[NH+]1CCN(S(=O)(=O)c2ccccc2C(F)(F)F)CC1)Nc1ccc(Cl)c(Cl)c1. The van der Waals surface area contributed by atoms with Gasteiger partial charge in [0.1, 0.15) is 0 Å². The second-order valence-electron chi connectivity index (χ2n) is 7.00. The van der Waals surface area contributed by atoms with Crippen molar-refractivity contribution in [2.24, 2.45) is 0 Å². The van der Waals surface area contributed by atoms with Gasteiger partial charge >= 0.3 is 6.18 Å². The molecule has 0 unspecified atom stereocenters. The molecule has 1 aliphatic rings. The van der Waals surface area contributed by atoms with Crippen molar-refractivity contribution in [3.8, 4) is 0 Å². The van der Waals surface area contributed by atoms with Crippen molar-refractivity contribution in [2.45, 2.75) is 11.1 Å². The van der Waals surface area contributed by atoms with E-state index < -0.39 is 26.7 Å². The molecule has 0 aliphatic carbocycles. The van der Waals surface area contributed by atoms with Crippen LogP contribution in [-0.4, -0.2) is 51.4 Å². The van der Waals surface area contributed by atoms with Gasteiger partial charge in [-0.2, -0.15) is 17.5 Å². The number of halogens is 5. The summed E-state index contributed by atoms with van der Waals surface area (Å²) in [6.07, 6.45) is -4.78. The molecule has 2 aromatic carbocycles. The Hall–Kier alpha value is -1.85. The molecule has 0 spiro atoms. The Labute approximate surface area is 187 Å². The highest BCUT2D eigenvalue weighted by atomic mass is 35.5. The maximum absolute atomic E-state index is 13.2. The zero-order valence-corrected chi connectivity index (χ0v) is 18.4. The van der Waals surface area contributed by atoms with Crippen LogP contribution in [0.2, 0.25) is 10.0 Å². The standard InChI is InChI=1S/C19H18Cl2F3N3O3S/c20-15-6-5-13(11-16(15)21)25-18(28)12-26-7-9-27(10-8-26)31(29,30)17-4-2-1-3-14(17)19(22,23)24/h1-6,11H,7-10,12H2,(H,25,28)/p+1. The largest absolute Gasteiger partial charge is 0.417 e. The van der Waals surface area contributed by atoms with Crippen molar-refractivity contribution >= 4 is 44.8 Å². The van der Waals surface area contributed by atoms with Crippen LogP contribution in [0.5, 0.6) is 0 Å². The monoisotopic (exact) mass is 496 g/mol. The third kappa shape index (κ3) is 5.69. The van der Waals surface area contributed by atoms with Gasteiger partial charge in [-0.25, -0.2) is 8.42 Å². The van der Waals surface area contributed by atoms with Gasteiger partial charge in [0.05, 0.1) is 46.7 Å². The number of benzene rings is 2. The van der Waals surface area contributed by atoms with Gasteiger partial charge in [-0.3, -0.25) is 4.79 Å². The van der Waals surface area contributed by atoms with Crippen LogP contribution in [0, 0.1) is 0 Å². The Morgan fingerprint density at radius 3 is 2.32 bits per heavy atom. The molecule has 1 aliphatic heterocycles. The van der Waals surface area contributed by atoms with Crippen molar-refractivity contribution in [3.05, 3.63) is 58.1 Å². The molecule has 0 atom stereocenters. The van der Waals surface area contributed by atoms with Gasteiger partial charge in [-0.15, -0.1) is 0 Å². The molecule has 168 valence electrons. The third-order valence-corrected chi connectivity index (χ3v) is 7.55. The molecule has 1 fully saturated rings. The van der Waals surface area contributed by atoms with E-state index in [1.807, 2.05) is 0 Å². The summed E-state index contributed by atoms with van der Waals surface area (Å²) in [5, 5.41) is 3.34. The molecule has 0 radical (unpaired) electrons. The number of hydrogen-bond donors (Lipinski definition) is 2. The maximum Gasteiger partial charge on any atom is 0.417 e. The van der Waals surface area contributed by atoms with Crippen LogP contribution in [0.1, 0.15) is 5.56 Å². The van der Waals surface area contributed by atoms with E-state index in [2.05, 4.69) is 5.32 Å². The molecule has 31 heavy (non-hydrogen) atoms. The fourth-order valence-electron chi connectivity index (χ4n) is 3.29. The number of nitrogens with zero attached hydrogens (tertiary/aromatic N) is 1. The molecule has 2 N–H and O–H groups in total. The van der Waals surface area contributed by atoms with E-state index in [-0.39, 0.29) is 38.6 Å². The average molecular weight is 497 g/mol. The number of carbonyl (C=O) groups excluding carboxylic acids is 1. The summed E-state index contributed by atoms with van der Waals surface area (Å²) in [6, 6.07) is 8.79. The van der Waals surface area contributed by atoms with Crippen molar-refractivity contribution in [2.75, 3.05) is 38.0 Å². The molecule has 6 nitrogen and oxygen atoms in total. The lowest BCUT2D eigenvalue weighted by molar-refractivity contribution is -0.895. The van der Waals surface area contributed by atoms with Gasteiger partial charge in [-0.05, 0) is 30.3 Å². The lowest BCUT2D eigenvalue weighted by Crippen LogP contribution is -3.15. The van der Waals surface area contributed by atoms with Crippen LogP contribution in [0.3, 0.4) is 0 Å². The van der Waals surface area contributed by atoms with Crippen LogP contribution in [-0.2, 0) is 21.0 Å². The van der Waals surface area contributed by atoms with Gasteiger partial charge in [0.25, 0.3) is 5.91 Å². The Kier molecular flexibility index (Phi) is 7.17.